The molecule has 5 heteroatoms. The number of fused-ring (bicyclic) bond motifs is 1. The van der Waals surface area contributed by atoms with Crippen LogP contribution in [0.25, 0.3) is 10.9 Å². The largest absolute Gasteiger partial charge is 0.365 e. The van der Waals surface area contributed by atoms with Crippen LogP contribution in [0.2, 0.25) is 0 Å². The molecule has 1 aromatic carbocycles. The Balaban J connectivity index is 1.71. The van der Waals surface area contributed by atoms with Gasteiger partial charge in [-0.3, -0.25) is 9.89 Å². The van der Waals surface area contributed by atoms with E-state index < -0.39 is 0 Å². The fourth-order valence-corrected chi connectivity index (χ4v) is 4.48. The number of nitrogens with one attached hydrogen (secondary N) is 1. The SMILES string of the molecule is Cc1cc(C(=O)N2CC(C)(C)OC3(CCCC3)C2)c2[nH]ncc2c1. The summed E-state index contributed by atoms with van der Waals surface area (Å²) in [5.41, 5.74) is 2.16. The van der Waals surface area contributed by atoms with E-state index in [9.17, 15) is 4.79 Å². The summed E-state index contributed by atoms with van der Waals surface area (Å²) in [5, 5.41) is 8.09. The van der Waals surface area contributed by atoms with Crippen molar-refractivity contribution in [2.45, 2.75) is 57.7 Å². The van der Waals surface area contributed by atoms with Gasteiger partial charge >= 0.3 is 0 Å². The smallest absolute Gasteiger partial charge is 0.256 e. The molecule has 2 aliphatic rings. The van der Waals surface area contributed by atoms with Crippen molar-refractivity contribution in [3.63, 3.8) is 0 Å². The maximum Gasteiger partial charge on any atom is 0.256 e. The predicted octanol–water partition coefficient (Wildman–Crippen LogP) is 3.44. The van der Waals surface area contributed by atoms with E-state index in [-0.39, 0.29) is 17.1 Å². The number of morpholine rings is 1. The Morgan fingerprint density at radius 3 is 2.75 bits per heavy atom. The standard InChI is InChI=1S/C19H25N3O2/c1-13-8-14-10-20-21-16(14)15(9-13)17(23)22-11-18(2,3)24-19(12-22)6-4-5-7-19/h8-10H,4-7,11-12H2,1-3H3,(H,20,21). The van der Waals surface area contributed by atoms with Gasteiger partial charge in [-0.2, -0.15) is 5.10 Å². The minimum Gasteiger partial charge on any atom is -0.365 e. The van der Waals surface area contributed by atoms with Crippen molar-refractivity contribution >= 4 is 16.8 Å². The van der Waals surface area contributed by atoms with E-state index in [1.807, 2.05) is 17.9 Å². The molecule has 1 aromatic heterocycles. The number of amides is 1. The summed E-state index contributed by atoms with van der Waals surface area (Å²) < 4.78 is 6.42. The Labute approximate surface area is 142 Å². The quantitative estimate of drug-likeness (QED) is 0.873. The summed E-state index contributed by atoms with van der Waals surface area (Å²) in [6, 6.07) is 4.02. The van der Waals surface area contributed by atoms with Gasteiger partial charge in [0.1, 0.15) is 0 Å². The number of benzene rings is 1. The fraction of sp³-hybridized carbons (Fsp3) is 0.579. The van der Waals surface area contributed by atoms with E-state index >= 15 is 0 Å². The zero-order valence-electron chi connectivity index (χ0n) is 14.7. The zero-order valence-corrected chi connectivity index (χ0v) is 14.7. The highest BCUT2D eigenvalue weighted by Crippen LogP contribution is 2.41. The Bertz CT molecular complexity index is 787. The second kappa shape index (κ2) is 5.31. The van der Waals surface area contributed by atoms with Gasteiger partial charge in [0, 0.05) is 11.9 Å². The third-order valence-electron chi connectivity index (χ3n) is 5.27. The molecule has 1 saturated carbocycles. The highest BCUT2D eigenvalue weighted by Gasteiger charge is 2.47. The first kappa shape index (κ1) is 15.6. The first-order chi connectivity index (χ1) is 11.4. The number of rotatable bonds is 1. The number of aromatic nitrogens is 2. The zero-order chi connectivity index (χ0) is 16.9. The minimum absolute atomic E-state index is 0.0793. The van der Waals surface area contributed by atoms with Gasteiger partial charge in [0.05, 0.1) is 35.0 Å². The summed E-state index contributed by atoms with van der Waals surface area (Å²) in [6.45, 7) is 7.52. The summed E-state index contributed by atoms with van der Waals surface area (Å²) in [7, 11) is 0. The van der Waals surface area contributed by atoms with Crippen molar-refractivity contribution in [2.24, 2.45) is 0 Å². The lowest BCUT2D eigenvalue weighted by atomic mass is 9.93. The minimum atomic E-state index is -0.310. The van der Waals surface area contributed by atoms with Crippen LogP contribution in [0.4, 0.5) is 0 Å². The summed E-state index contributed by atoms with van der Waals surface area (Å²) >= 11 is 0. The molecule has 1 aliphatic heterocycles. The van der Waals surface area contributed by atoms with Crippen LogP contribution in [0.5, 0.6) is 0 Å². The van der Waals surface area contributed by atoms with Gasteiger partial charge in [-0.1, -0.05) is 12.8 Å². The number of ether oxygens (including phenoxy) is 1. The van der Waals surface area contributed by atoms with Gasteiger partial charge in [0.2, 0.25) is 0 Å². The van der Waals surface area contributed by atoms with Crippen LogP contribution in [0.3, 0.4) is 0 Å². The average molecular weight is 327 g/mol. The Hall–Kier alpha value is -1.88. The molecule has 0 radical (unpaired) electrons. The molecule has 1 N–H and O–H groups in total. The maximum absolute atomic E-state index is 13.3. The van der Waals surface area contributed by atoms with Crippen LogP contribution in [0, 0.1) is 6.92 Å². The number of carbonyl (C=O) groups is 1. The second-order valence-electron chi connectivity index (χ2n) is 8.06. The van der Waals surface area contributed by atoms with Crippen LogP contribution in [-0.4, -0.2) is 45.3 Å². The third kappa shape index (κ3) is 2.61. The van der Waals surface area contributed by atoms with Gasteiger partial charge in [-0.05, 0) is 51.3 Å². The molecule has 1 amide bonds. The topological polar surface area (TPSA) is 58.2 Å². The second-order valence-corrected chi connectivity index (χ2v) is 8.06. The van der Waals surface area contributed by atoms with Crippen molar-refractivity contribution in [1.29, 1.82) is 0 Å². The van der Waals surface area contributed by atoms with Crippen LogP contribution in [0.1, 0.15) is 55.5 Å². The normalized spacial score (nSPS) is 22.4. The molecule has 0 bridgehead atoms. The average Bonchev–Trinajstić information content (AvgIpc) is 3.13. The molecular formula is C19H25N3O2. The van der Waals surface area contributed by atoms with Crippen LogP contribution < -0.4 is 0 Å². The molecule has 2 heterocycles. The third-order valence-corrected chi connectivity index (χ3v) is 5.27. The first-order valence-corrected chi connectivity index (χ1v) is 8.81. The van der Waals surface area contributed by atoms with Crippen molar-refractivity contribution in [2.75, 3.05) is 13.1 Å². The lowest BCUT2D eigenvalue weighted by molar-refractivity contribution is -0.184. The van der Waals surface area contributed by atoms with Crippen LogP contribution in [0.15, 0.2) is 18.3 Å². The predicted molar refractivity (Wildman–Crippen MR) is 93.1 cm³/mol. The van der Waals surface area contributed by atoms with Gasteiger partial charge in [0.15, 0.2) is 0 Å². The molecule has 2 fully saturated rings. The number of hydrogen-bond acceptors (Lipinski definition) is 3. The van der Waals surface area contributed by atoms with E-state index in [0.29, 0.717) is 18.7 Å². The van der Waals surface area contributed by atoms with Crippen molar-refractivity contribution in [3.05, 3.63) is 29.5 Å². The van der Waals surface area contributed by atoms with Gasteiger partial charge < -0.3 is 9.64 Å². The Morgan fingerprint density at radius 1 is 1.25 bits per heavy atom. The van der Waals surface area contributed by atoms with Crippen molar-refractivity contribution < 1.29 is 9.53 Å². The maximum atomic E-state index is 13.3. The number of aryl methyl sites for hydroxylation is 1. The monoisotopic (exact) mass is 327 g/mol. The Morgan fingerprint density at radius 2 is 2.00 bits per heavy atom. The van der Waals surface area contributed by atoms with Gasteiger partial charge in [-0.15, -0.1) is 0 Å². The summed E-state index contributed by atoms with van der Waals surface area (Å²) in [4.78, 5) is 15.3. The van der Waals surface area contributed by atoms with Crippen LogP contribution in [-0.2, 0) is 4.74 Å². The Kier molecular flexibility index (Phi) is 3.46. The number of carbonyl (C=O) groups excluding carboxylic acids is 1. The van der Waals surface area contributed by atoms with Crippen molar-refractivity contribution in [1.82, 2.24) is 15.1 Å². The van der Waals surface area contributed by atoms with E-state index in [2.05, 4.69) is 30.1 Å². The molecule has 128 valence electrons. The van der Waals surface area contributed by atoms with Crippen molar-refractivity contribution in [3.8, 4) is 0 Å². The van der Waals surface area contributed by atoms with E-state index in [4.69, 9.17) is 4.74 Å². The highest BCUT2D eigenvalue weighted by atomic mass is 16.5. The lowest BCUT2D eigenvalue weighted by Gasteiger charge is -2.48. The lowest BCUT2D eigenvalue weighted by Crippen LogP contribution is -2.60. The van der Waals surface area contributed by atoms with Gasteiger partial charge in [0.25, 0.3) is 5.91 Å². The summed E-state index contributed by atoms with van der Waals surface area (Å²) in [6.07, 6.45) is 6.25. The first-order valence-electron chi connectivity index (χ1n) is 8.81. The number of aromatic amines is 1. The molecule has 2 aromatic rings. The molecule has 0 unspecified atom stereocenters. The fourth-order valence-electron chi connectivity index (χ4n) is 4.48. The summed E-state index contributed by atoms with van der Waals surface area (Å²) in [5.74, 6) is 0.0793. The van der Waals surface area contributed by atoms with Crippen LogP contribution >= 0.6 is 0 Å². The molecule has 1 spiro atoms. The molecule has 4 rings (SSSR count). The molecular weight excluding hydrogens is 302 g/mol. The van der Waals surface area contributed by atoms with E-state index in [1.54, 1.807) is 6.20 Å². The number of hydrogen-bond donors (Lipinski definition) is 1. The molecule has 1 saturated heterocycles. The highest BCUT2D eigenvalue weighted by molar-refractivity contribution is 6.05. The molecule has 5 nitrogen and oxygen atoms in total. The van der Waals surface area contributed by atoms with E-state index in [1.165, 1.54) is 12.8 Å². The number of H-pyrrole nitrogens is 1. The molecule has 24 heavy (non-hydrogen) atoms. The molecule has 1 aliphatic carbocycles. The van der Waals surface area contributed by atoms with E-state index in [0.717, 1.165) is 29.3 Å². The van der Waals surface area contributed by atoms with Gasteiger partial charge in [-0.25, -0.2) is 0 Å². The number of nitrogens with zero attached hydrogens (tertiary/aromatic N) is 2. The molecule has 0 atom stereocenters.